The van der Waals surface area contributed by atoms with Crippen molar-refractivity contribution in [3.8, 4) is 0 Å². The van der Waals surface area contributed by atoms with E-state index in [1.807, 2.05) is 26.0 Å². The number of carbonyl (C=O) groups is 2. The third-order valence-corrected chi connectivity index (χ3v) is 4.31. The minimum absolute atomic E-state index is 0.0639. The van der Waals surface area contributed by atoms with Crippen LogP contribution in [0.15, 0.2) is 36.7 Å². The zero-order chi connectivity index (χ0) is 18.0. The number of carbonyl (C=O) groups excluding carboxylic acids is 2. The van der Waals surface area contributed by atoms with Crippen LogP contribution in [0.1, 0.15) is 26.3 Å². The molecular formula is C17H20ClN5O2. The standard InChI is InChI=1S/C17H20ClN5O2/c1-11(2)23-10-13(8-19-23)21-17(25)20-12-7-16(24)22(9-12)15-6-4-3-5-14(15)18/h3-6,8,10-12H,7,9H2,1-2H3,(H2,20,21,25)/t12-/m1/s1. The Morgan fingerprint density at radius 1 is 1.36 bits per heavy atom. The van der Waals surface area contributed by atoms with E-state index < -0.39 is 0 Å². The van der Waals surface area contributed by atoms with Gasteiger partial charge in [0.05, 0.1) is 28.6 Å². The average molecular weight is 362 g/mol. The van der Waals surface area contributed by atoms with Crippen LogP contribution in [0.5, 0.6) is 0 Å². The molecule has 0 spiro atoms. The maximum absolute atomic E-state index is 12.2. The van der Waals surface area contributed by atoms with Crippen molar-refractivity contribution in [1.82, 2.24) is 15.1 Å². The van der Waals surface area contributed by atoms with E-state index in [1.165, 1.54) is 0 Å². The number of urea groups is 1. The molecule has 25 heavy (non-hydrogen) atoms. The third-order valence-electron chi connectivity index (χ3n) is 3.99. The summed E-state index contributed by atoms with van der Waals surface area (Å²) in [6.07, 6.45) is 3.60. The van der Waals surface area contributed by atoms with E-state index in [-0.39, 0.29) is 30.4 Å². The van der Waals surface area contributed by atoms with Crippen LogP contribution < -0.4 is 15.5 Å². The highest BCUT2D eigenvalue weighted by molar-refractivity contribution is 6.33. The van der Waals surface area contributed by atoms with E-state index in [0.29, 0.717) is 22.9 Å². The van der Waals surface area contributed by atoms with E-state index in [2.05, 4.69) is 15.7 Å². The Balaban J connectivity index is 1.59. The summed E-state index contributed by atoms with van der Waals surface area (Å²) in [5.74, 6) is -0.0639. The van der Waals surface area contributed by atoms with Crippen molar-refractivity contribution in [3.63, 3.8) is 0 Å². The minimum atomic E-state index is -0.359. The molecule has 7 nitrogen and oxygen atoms in total. The number of anilines is 2. The maximum Gasteiger partial charge on any atom is 0.319 e. The van der Waals surface area contributed by atoms with Crippen molar-refractivity contribution >= 4 is 34.9 Å². The second kappa shape index (κ2) is 7.14. The number of halogens is 1. The van der Waals surface area contributed by atoms with Gasteiger partial charge in [-0.3, -0.25) is 9.48 Å². The lowest BCUT2D eigenvalue weighted by molar-refractivity contribution is -0.117. The molecule has 0 saturated carbocycles. The SMILES string of the molecule is CC(C)n1cc(NC(=O)N[C@@H]2CC(=O)N(c3ccccc3Cl)C2)cn1. The summed E-state index contributed by atoms with van der Waals surface area (Å²) in [6.45, 7) is 4.40. The normalized spacial score (nSPS) is 17.2. The number of aromatic nitrogens is 2. The Kier molecular flexibility index (Phi) is 4.94. The molecule has 1 aliphatic heterocycles. The predicted octanol–water partition coefficient (Wildman–Crippen LogP) is 3.04. The summed E-state index contributed by atoms with van der Waals surface area (Å²) in [6, 6.07) is 6.76. The summed E-state index contributed by atoms with van der Waals surface area (Å²) < 4.78 is 1.76. The average Bonchev–Trinajstić information content (AvgIpc) is 3.15. The van der Waals surface area contributed by atoms with Gasteiger partial charge >= 0.3 is 6.03 Å². The fourth-order valence-electron chi connectivity index (χ4n) is 2.75. The molecule has 0 radical (unpaired) electrons. The third kappa shape index (κ3) is 3.93. The number of hydrogen-bond donors (Lipinski definition) is 2. The molecular weight excluding hydrogens is 342 g/mol. The molecule has 8 heteroatoms. The lowest BCUT2D eigenvalue weighted by Gasteiger charge is -2.18. The van der Waals surface area contributed by atoms with Crippen LogP contribution in [0.2, 0.25) is 5.02 Å². The Bertz CT molecular complexity index is 789. The molecule has 1 aromatic carbocycles. The smallest absolute Gasteiger partial charge is 0.319 e. The summed E-state index contributed by atoms with van der Waals surface area (Å²) in [7, 11) is 0. The number of benzene rings is 1. The van der Waals surface area contributed by atoms with Crippen LogP contribution in [0, 0.1) is 0 Å². The van der Waals surface area contributed by atoms with Crippen LogP contribution >= 0.6 is 11.6 Å². The van der Waals surface area contributed by atoms with Gasteiger partial charge in [0.1, 0.15) is 0 Å². The van der Waals surface area contributed by atoms with Gasteiger partial charge in [-0.1, -0.05) is 23.7 Å². The zero-order valence-corrected chi connectivity index (χ0v) is 14.8. The first-order chi connectivity index (χ1) is 11.9. The van der Waals surface area contributed by atoms with E-state index >= 15 is 0 Å². The Labute approximate surface area is 150 Å². The van der Waals surface area contributed by atoms with Gasteiger partial charge in [-0.25, -0.2) is 4.79 Å². The summed E-state index contributed by atoms with van der Waals surface area (Å²) in [4.78, 5) is 26.0. The minimum Gasteiger partial charge on any atom is -0.333 e. The van der Waals surface area contributed by atoms with E-state index in [1.54, 1.807) is 34.1 Å². The molecule has 2 N–H and O–H groups in total. The number of nitrogens with one attached hydrogen (secondary N) is 2. The lowest BCUT2D eigenvalue weighted by Crippen LogP contribution is -2.39. The molecule has 1 saturated heterocycles. The topological polar surface area (TPSA) is 79.3 Å². The number of nitrogens with zero attached hydrogens (tertiary/aromatic N) is 3. The second-order valence-electron chi connectivity index (χ2n) is 6.26. The van der Waals surface area contributed by atoms with Gasteiger partial charge in [0.15, 0.2) is 0 Å². The van der Waals surface area contributed by atoms with Crippen LogP contribution in [0.4, 0.5) is 16.2 Å². The van der Waals surface area contributed by atoms with Crippen molar-refractivity contribution in [2.75, 3.05) is 16.8 Å². The molecule has 1 aromatic heterocycles. The molecule has 0 bridgehead atoms. The highest BCUT2D eigenvalue weighted by atomic mass is 35.5. The zero-order valence-electron chi connectivity index (χ0n) is 14.1. The van der Waals surface area contributed by atoms with Crippen molar-refractivity contribution < 1.29 is 9.59 Å². The van der Waals surface area contributed by atoms with Gasteiger partial charge < -0.3 is 15.5 Å². The Morgan fingerprint density at radius 3 is 2.80 bits per heavy atom. The fourth-order valence-corrected chi connectivity index (χ4v) is 2.98. The molecule has 132 valence electrons. The first kappa shape index (κ1) is 17.3. The molecule has 2 aromatic rings. The highest BCUT2D eigenvalue weighted by Gasteiger charge is 2.32. The number of para-hydroxylation sites is 1. The van der Waals surface area contributed by atoms with Crippen LogP contribution in [0.25, 0.3) is 0 Å². The molecule has 3 rings (SSSR count). The molecule has 1 aliphatic rings. The Morgan fingerprint density at radius 2 is 2.12 bits per heavy atom. The van der Waals surface area contributed by atoms with Gasteiger partial charge in [0, 0.05) is 25.2 Å². The lowest BCUT2D eigenvalue weighted by atomic mass is 10.2. The van der Waals surface area contributed by atoms with E-state index in [0.717, 1.165) is 0 Å². The van der Waals surface area contributed by atoms with Crippen LogP contribution in [0.3, 0.4) is 0 Å². The van der Waals surface area contributed by atoms with Crippen molar-refractivity contribution in [1.29, 1.82) is 0 Å². The van der Waals surface area contributed by atoms with Gasteiger partial charge in [0.25, 0.3) is 0 Å². The molecule has 3 amide bonds. The van der Waals surface area contributed by atoms with E-state index in [4.69, 9.17) is 11.6 Å². The summed E-state index contributed by atoms with van der Waals surface area (Å²) in [5, 5.41) is 10.2. The fraction of sp³-hybridized carbons (Fsp3) is 0.353. The van der Waals surface area contributed by atoms with Gasteiger partial charge in [0.2, 0.25) is 5.91 Å². The van der Waals surface area contributed by atoms with Gasteiger partial charge in [-0.2, -0.15) is 5.10 Å². The number of amides is 3. The summed E-state index contributed by atoms with van der Waals surface area (Å²) in [5.41, 5.74) is 1.27. The van der Waals surface area contributed by atoms with Crippen molar-refractivity contribution in [3.05, 3.63) is 41.7 Å². The molecule has 0 unspecified atom stereocenters. The van der Waals surface area contributed by atoms with Crippen LogP contribution in [-0.4, -0.2) is 34.3 Å². The predicted molar refractivity (Wildman–Crippen MR) is 97.0 cm³/mol. The molecule has 1 atom stereocenters. The first-order valence-electron chi connectivity index (χ1n) is 8.10. The van der Waals surface area contributed by atoms with E-state index in [9.17, 15) is 9.59 Å². The van der Waals surface area contributed by atoms with Crippen molar-refractivity contribution in [2.45, 2.75) is 32.4 Å². The molecule has 0 aliphatic carbocycles. The maximum atomic E-state index is 12.2. The Hall–Kier alpha value is -2.54. The molecule has 2 heterocycles. The quantitative estimate of drug-likeness (QED) is 0.878. The second-order valence-corrected chi connectivity index (χ2v) is 6.67. The van der Waals surface area contributed by atoms with Gasteiger partial charge in [-0.15, -0.1) is 0 Å². The monoisotopic (exact) mass is 361 g/mol. The van der Waals surface area contributed by atoms with Crippen LogP contribution in [-0.2, 0) is 4.79 Å². The number of rotatable bonds is 4. The van der Waals surface area contributed by atoms with Gasteiger partial charge in [-0.05, 0) is 26.0 Å². The summed E-state index contributed by atoms with van der Waals surface area (Å²) >= 11 is 6.16. The molecule has 1 fully saturated rings. The first-order valence-corrected chi connectivity index (χ1v) is 8.48. The largest absolute Gasteiger partial charge is 0.333 e. The highest BCUT2D eigenvalue weighted by Crippen LogP contribution is 2.29. The number of hydrogen-bond acceptors (Lipinski definition) is 3. The van der Waals surface area contributed by atoms with Crippen molar-refractivity contribution in [2.24, 2.45) is 0 Å².